The zero-order valence-electron chi connectivity index (χ0n) is 11.3. The molecule has 20 heavy (non-hydrogen) atoms. The van der Waals surface area contributed by atoms with Gasteiger partial charge in [-0.3, -0.25) is 4.79 Å². The number of aliphatic hydroxyl groups excluding tert-OH is 1. The smallest absolute Gasteiger partial charge is 0.251 e. The average molecular weight is 298 g/mol. The number of nitrogens with one attached hydrogen (secondary N) is 1. The van der Waals surface area contributed by atoms with Gasteiger partial charge in [-0.1, -0.05) is 25.4 Å². The van der Waals surface area contributed by atoms with Crippen LogP contribution in [0.25, 0.3) is 0 Å². The molecule has 1 heterocycles. The summed E-state index contributed by atoms with van der Waals surface area (Å²) in [4.78, 5) is 12.2. The SMILES string of the molecule is CC1(C)C(O)CC1NC(=O)c1cc(Cl)c2c(c1)OCO2. The van der Waals surface area contributed by atoms with Crippen molar-refractivity contribution >= 4 is 17.5 Å². The van der Waals surface area contributed by atoms with Crippen molar-refractivity contribution in [2.24, 2.45) is 5.41 Å². The summed E-state index contributed by atoms with van der Waals surface area (Å²) in [5.74, 6) is 0.730. The van der Waals surface area contributed by atoms with Gasteiger partial charge in [-0.25, -0.2) is 0 Å². The van der Waals surface area contributed by atoms with Gasteiger partial charge in [0, 0.05) is 17.0 Å². The van der Waals surface area contributed by atoms with Gasteiger partial charge in [0.2, 0.25) is 6.79 Å². The first-order valence-corrected chi connectivity index (χ1v) is 6.85. The Labute approximate surface area is 121 Å². The number of ether oxygens (including phenoxy) is 2. The first kappa shape index (κ1) is 13.5. The quantitative estimate of drug-likeness (QED) is 0.875. The van der Waals surface area contributed by atoms with Crippen LogP contribution in [0.4, 0.5) is 0 Å². The van der Waals surface area contributed by atoms with Crippen molar-refractivity contribution < 1.29 is 19.4 Å². The van der Waals surface area contributed by atoms with E-state index in [4.69, 9.17) is 21.1 Å². The number of hydrogen-bond donors (Lipinski definition) is 2. The van der Waals surface area contributed by atoms with E-state index in [9.17, 15) is 9.90 Å². The predicted octanol–water partition coefficient (Wildman–Crippen LogP) is 1.96. The Kier molecular flexibility index (Phi) is 3.06. The van der Waals surface area contributed by atoms with Crippen LogP contribution in [0, 0.1) is 5.41 Å². The fourth-order valence-electron chi connectivity index (χ4n) is 2.49. The fourth-order valence-corrected chi connectivity index (χ4v) is 2.75. The third-order valence-corrected chi connectivity index (χ3v) is 4.49. The number of aliphatic hydroxyl groups is 1. The zero-order valence-corrected chi connectivity index (χ0v) is 12.0. The number of benzene rings is 1. The number of hydrogen-bond acceptors (Lipinski definition) is 4. The molecule has 2 N–H and O–H groups in total. The van der Waals surface area contributed by atoms with Crippen LogP contribution < -0.4 is 14.8 Å². The molecule has 2 atom stereocenters. The van der Waals surface area contributed by atoms with Gasteiger partial charge < -0.3 is 19.9 Å². The average Bonchev–Trinajstić information content (AvgIpc) is 2.87. The van der Waals surface area contributed by atoms with Gasteiger partial charge in [-0.05, 0) is 18.6 Å². The van der Waals surface area contributed by atoms with Crippen LogP contribution in [0.2, 0.25) is 5.02 Å². The molecular formula is C14H16ClNO4. The third kappa shape index (κ3) is 2.01. The second-order valence-corrected chi connectivity index (χ2v) is 6.20. The Bertz CT molecular complexity index is 573. The summed E-state index contributed by atoms with van der Waals surface area (Å²) >= 11 is 6.06. The minimum Gasteiger partial charge on any atom is -0.454 e. The summed E-state index contributed by atoms with van der Waals surface area (Å²) in [7, 11) is 0. The summed E-state index contributed by atoms with van der Waals surface area (Å²) in [5.41, 5.74) is 0.118. The Morgan fingerprint density at radius 3 is 2.85 bits per heavy atom. The highest BCUT2D eigenvalue weighted by Crippen LogP contribution is 2.42. The molecule has 0 spiro atoms. The highest BCUT2D eigenvalue weighted by molar-refractivity contribution is 6.32. The molecule has 2 unspecified atom stereocenters. The summed E-state index contributed by atoms with van der Waals surface area (Å²) in [6.07, 6.45) is 0.185. The lowest BCUT2D eigenvalue weighted by Crippen LogP contribution is -2.61. The highest BCUT2D eigenvalue weighted by atomic mass is 35.5. The van der Waals surface area contributed by atoms with Crippen LogP contribution in [0.15, 0.2) is 12.1 Å². The minimum absolute atomic E-state index is 0.0470. The highest BCUT2D eigenvalue weighted by Gasteiger charge is 2.48. The molecular weight excluding hydrogens is 282 g/mol. The van der Waals surface area contributed by atoms with Crippen LogP contribution >= 0.6 is 11.6 Å². The maximum absolute atomic E-state index is 12.2. The van der Waals surface area contributed by atoms with Gasteiger partial charge in [-0.2, -0.15) is 0 Å². The number of carbonyl (C=O) groups is 1. The molecule has 1 amide bonds. The van der Waals surface area contributed by atoms with Gasteiger partial charge in [0.1, 0.15) is 0 Å². The van der Waals surface area contributed by atoms with Crippen molar-refractivity contribution in [2.75, 3.05) is 6.79 Å². The van der Waals surface area contributed by atoms with Crippen molar-refractivity contribution in [3.63, 3.8) is 0 Å². The molecule has 0 aromatic heterocycles. The lowest BCUT2D eigenvalue weighted by Gasteiger charge is -2.49. The molecule has 1 saturated carbocycles. The molecule has 1 aliphatic carbocycles. The molecule has 0 radical (unpaired) electrons. The summed E-state index contributed by atoms with van der Waals surface area (Å²) in [5, 5.41) is 13.0. The van der Waals surface area contributed by atoms with Crippen LogP contribution in [0.3, 0.4) is 0 Å². The molecule has 3 rings (SSSR count). The van der Waals surface area contributed by atoms with Crippen LogP contribution in [-0.4, -0.2) is 30.0 Å². The molecule has 1 aliphatic heterocycles. The molecule has 0 bridgehead atoms. The van der Waals surface area contributed by atoms with E-state index in [-0.39, 0.29) is 30.3 Å². The Morgan fingerprint density at radius 2 is 2.20 bits per heavy atom. The predicted molar refractivity (Wildman–Crippen MR) is 73.2 cm³/mol. The molecule has 108 valence electrons. The van der Waals surface area contributed by atoms with E-state index in [0.29, 0.717) is 28.5 Å². The second-order valence-electron chi connectivity index (χ2n) is 5.79. The van der Waals surface area contributed by atoms with E-state index in [1.165, 1.54) is 0 Å². The molecule has 1 fully saturated rings. The first-order chi connectivity index (χ1) is 9.39. The topological polar surface area (TPSA) is 67.8 Å². The summed E-state index contributed by atoms with van der Waals surface area (Å²) < 4.78 is 10.5. The van der Waals surface area contributed by atoms with Crippen LogP contribution in [-0.2, 0) is 0 Å². The molecule has 1 aromatic carbocycles. The van der Waals surface area contributed by atoms with E-state index in [1.807, 2.05) is 13.8 Å². The first-order valence-electron chi connectivity index (χ1n) is 6.47. The van der Waals surface area contributed by atoms with Crippen molar-refractivity contribution in [3.8, 4) is 11.5 Å². The number of carbonyl (C=O) groups excluding carboxylic acids is 1. The lowest BCUT2D eigenvalue weighted by atomic mass is 9.64. The Morgan fingerprint density at radius 1 is 1.45 bits per heavy atom. The van der Waals surface area contributed by atoms with E-state index in [0.717, 1.165) is 0 Å². The Balaban J connectivity index is 1.77. The number of amides is 1. The largest absolute Gasteiger partial charge is 0.454 e. The van der Waals surface area contributed by atoms with Gasteiger partial charge in [0.15, 0.2) is 11.5 Å². The molecule has 6 heteroatoms. The number of halogens is 1. The third-order valence-electron chi connectivity index (χ3n) is 4.21. The Hall–Kier alpha value is -1.46. The number of rotatable bonds is 2. The zero-order chi connectivity index (χ0) is 14.5. The monoisotopic (exact) mass is 297 g/mol. The standard InChI is InChI=1S/C14H16ClNO4/c1-14(2)10(5-11(14)17)16-13(18)7-3-8(15)12-9(4-7)19-6-20-12/h3-4,10-11,17H,5-6H2,1-2H3,(H,16,18). The lowest BCUT2D eigenvalue weighted by molar-refractivity contribution is -0.0689. The van der Waals surface area contributed by atoms with Gasteiger partial charge in [0.25, 0.3) is 5.91 Å². The molecule has 2 aliphatic rings. The second kappa shape index (κ2) is 4.53. The summed E-state index contributed by atoms with van der Waals surface area (Å²) in [6.45, 7) is 3.97. The van der Waals surface area contributed by atoms with Gasteiger partial charge >= 0.3 is 0 Å². The maximum Gasteiger partial charge on any atom is 0.251 e. The van der Waals surface area contributed by atoms with E-state index in [2.05, 4.69) is 5.32 Å². The number of fused-ring (bicyclic) bond motifs is 1. The van der Waals surface area contributed by atoms with E-state index >= 15 is 0 Å². The normalized spacial score (nSPS) is 26.0. The molecule has 0 saturated heterocycles. The van der Waals surface area contributed by atoms with E-state index < -0.39 is 0 Å². The van der Waals surface area contributed by atoms with Gasteiger partial charge in [-0.15, -0.1) is 0 Å². The van der Waals surface area contributed by atoms with Crippen LogP contribution in [0.5, 0.6) is 11.5 Å². The summed E-state index contributed by atoms with van der Waals surface area (Å²) in [6, 6.07) is 3.13. The van der Waals surface area contributed by atoms with Crippen molar-refractivity contribution in [1.29, 1.82) is 0 Å². The fraction of sp³-hybridized carbons (Fsp3) is 0.500. The van der Waals surface area contributed by atoms with Gasteiger partial charge in [0.05, 0.1) is 11.1 Å². The van der Waals surface area contributed by atoms with Crippen molar-refractivity contribution in [1.82, 2.24) is 5.32 Å². The maximum atomic E-state index is 12.2. The minimum atomic E-state index is -0.381. The van der Waals surface area contributed by atoms with Crippen LogP contribution in [0.1, 0.15) is 30.6 Å². The van der Waals surface area contributed by atoms with Crippen molar-refractivity contribution in [3.05, 3.63) is 22.7 Å². The van der Waals surface area contributed by atoms with E-state index in [1.54, 1.807) is 12.1 Å². The molecule has 1 aromatic rings. The molecule has 5 nitrogen and oxygen atoms in total. The van der Waals surface area contributed by atoms with Crippen molar-refractivity contribution in [2.45, 2.75) is 32.4 Å².